The Kier molecular flexibility index (Phi) is 3.52. The van der Waals surface area contributed by atoms with E-state index in [1.165, 1.54) is 5.56 Å². The highest BCUT2D eigenvalue weighted by atomic mass is 16.5. The van der Waals surface area contributed by atoms with E-state index in [0.29, 0.717) is 12.1 Å². The van der Waals surface area contributed by atoms with E-state index in [1.54, 1.807) is 0 Å². The van der Waals surface area contributed by atoms with Crippen LogP contribution in [-0.2, 0) is 0 Å². The quantitative estimate of drug-likeness (QED) is 0.876. The molecule has 0 saturated carbocycles. The van der Waals surface area contributed by atoms with Gasteiger partial charge < -0.3 is 9.84 Å². The molecule has 0 radical (unpaired) electrons. The third-order valence-corrected chi connectivity index (χ3v) is 4.02. The van der Waals surface area contributed by atoms with Crippen LogP contribution in [0.4, 0.5) is 0 Å². The largest absolute Gasteiger partial charge is 0.361 e. The molecule has 2 atom stereocenters. The van der Waals surface area contributed by atoms with Gasteiger partial charge in [-0.05, 0) is 41.5 Å². The van der Waals surface area contributed by atoms with Crippen molar-refractivity contribution in [2.45, 2.75) is 59.2 Å². The predicted molar refractivity (Wildman–Crippen MR) is 72.6 cm³/mol. The van der Waals surface area contributed by atoms with Crippen molar-refractivity contribution < 1.29 is 4.52 Å². The average molecular weight is 251 g/mol. The summed E-state index contributed by atoms with van der Waals surface area (Å²) >= 11 is 0. The lowest BCUT2D eigenvalue weighted by molar-refractivity contribution is 0.0681. The highest BCUT2D eigenvalue weighted by molar-refractivity contribution is 5.25. The van der Waals surface area contributed by atoms with Crippen LogP contribution in [0.15, 0.2) is 4.52 Å². The molecule has 4 nitrogen and oxygen atoms in total. The van der Waals surface area contributed by atoms with Crippen molar-refractivity contribution in [2.75, 3.05) is 13.1 Å². The molecular weight excluding hydrogens is 226 g/mol. The molecule has 2 unspecified atom stereocenters. The SMILES string of the molecule is Cc1noc(C)c1C(C)N1CC(C)(C)NCC1C. The summed E-state index contributed by atoms with van der Waals surface area (Å²) in [6.07, 6.45) is 0. The summed E-state index contributed by atoms with van der Waals surface area (Å²) in [5.74, 6) is 0.948. The average Bonchev–Trinajstić information content (AvgIpc) is 2.61. The number of rotatable bonds is 2. The first-order valence-corrected chi connectivity index (χ1v) is 6.75. The molecule has 1 saturated heterocycles. The van der Waals surface area contributed by atoms with Crippen molar-refractivity contribution in [3.8, 4) is 0 Å². The van der Waals surface area contributed by atoms with Crippen molar-refractivity contribution >= 4 is 0 Å². The minimum absolute atomic E-state index is 0.166. The highest BCUT2D eigenvalue weighted by Gasteiger charge is 2.34. The number of nitrogens with zero attached hydrogens (tertiary/aromatic N) is 2. The minimum atomic E-state index is 0.166. The Morgan fingerprint density at radius 2 is 2.11 bits per heavy atom. The fourth-order valence-electron chi connectivity index (χ4n) is 2.98. The maximum absolute atomic E-state index is 5.30. The van der Waals surface area contributed by atoms with Gasteiger partial charge in [-0.2, -0.15) is 0 Å². The molecule has 2 rings (SSSR count). The first kappa shape index (κ1) is 13.6. The number of hydrogen-bond donors (Lipinski definition) is 1. The van der Waals surface area contributed by atoms with Gasteiger partial charge in [0.2, 0.25) is 0 Å². The fraction of sp³-hybridized carbons (Fsp3) is 0.786. The van der Waals surface area contributed by atoms with Gasteiger partial charge in [-0.15, -0.1) is 0 Å². The van der Waals surface area contributed by atoms with Crippen LogP contribution in [0.1, 0.15) is 50.8 Å². The van der Waals surface area contributed by atoms with Gasteiger partial charge in [-0.1, -0.05) is 5.16 Å². The van der Waals surface area contributed by atoms with E-state index >= 15 is 0 Å². The van der Waals surface area contributed by atoms with E-state index in [1.807, 2.05) is 13.8 Å². The number of hydrogen-bond acceptors (Lipinski definition) is 4. The summed E-state index contributed by atoms with van der Waals surface area (Å²) < 4.78 is 5.30. The normalized spacial score (nSPS) is 26.2. The van der Waals surface area contributed by atoms with E-state index in [2.05, 4.69) is 43.1 Å². The molecule has 1 N–H and O–H groups in total. The Balaban J connectivity index is 2.24. The van der Waals surface area contributed by atoms with E-state index in [0.717, 1.165) is 24.5 Å². The lowest BCUT2D eigenvalue weighted by Gasteiger charge is -2.46. The van der Waals surface area contributed by atoms with Crippen LogP contribution in [0.3, 0.4) is 0 Å². The third-order valence-electron chi connectivity index (χ3n) is 4.02. The van der Waals surface area contributed by atoms with Crippen LogP contribution < -0.4 is 5.32 Å². The molecular formula is C14H25N3O. The van der Waals surface area contributed by atoms with Gasteiger partial charge in [0.05, 0.1) is 5.69 Å². The summed E-state index contributed by atoms with van der Waals surface area (Å²) in [5, 5.41) is 7.66. The molecule has 0 bridgehead atoms. The summed E-state index contributed by atoms with van der Waals surface area (Å²) in [5.41, 5.74) is 2.43. The lowest BCUT2D eigenvalue weighted by atomic mass is 9.95. The van der Waals surface area contributed by atoms with Crippen molar-refractivity contribution in [3.63, 3.8) is 0 Å². The maximum Gasteiger partial charge on any atom is 0.138 e. The Morgan fingerprint density at radius 3 is 2.67 bits per heavy atom. The molecule has 0 aliphatic carbocycles. The summed E-state index contributed by atoms with van der Waals surface area (Å²) in [6, 6.07) is 0.884. The molecule has 1 fully saturated rings. The molecule has 102 valence electrons. The summed E-state index contributed by atoms with van der Waals surface area (Å²) in [4.78, 5) is 2.54. The monoisotopic (exact) mass is 251 g/mol. The van der Waals surface area contributed by atoms with E-state index in [-0.39, 0.29) is 5.54 Å². The van der Waals surface area contributed by atoms with Gasteiger partial charge in [0, 0.05) is 36.3 Å². The summed E-state index contributed by atoms with van der Waals surface area (Å²) in [6.45, 7) is 15.1. The zero-order valence-electron chi connectivity index (χ0n) is 12.4. The van der Waals surface area contributed by atoms with Crippen LogP contribution in [0.25, 0.3) is 0 Å². The Labute approximate surface area is 110 Å². The minimum Gasteiger partial charge on any atom is -0.361 e. The van der Waals surface area contributed by atoms with E-state index in [4.69, 9.17) is 4.52 Å². The predicted octanol–water partition coefficient (Wildman–Crippen LogP) is 2.42. The molecule has 1 aliphatic rings. The molecule has 1 aliphatic heterocycles. The zero-order chi connectivity index (χ0) is 13.5. The fourth-order valence-corrected chi connectivity index (χ4v) is 2.98. The van der Waals surface area contributed by atoms with Crippen molar-refractivity contribution in [1.82, 2.24) is 15.4 Å². The molecule has 4 heteroatoms. The van der Waals surface area contributed by atoms with E-state index < -0.39 is 0 Å². The Hall–Kier alpha value is -0.870. The first-order chi connectivity index (χ1) is 8.32. The number of piperazine rings is 1. The number of aromatic nitrogens is 1. The summed E-state index contributed by atoms with van der Waals surface area (Å²) in [7, 11) is 0. The van der Waals surface area contributed by atoms with Crippen LogP contribution in [-0.4, -0.2) is 34.7 Å². The molecule has 2 heterocycles. The Morgan fingerprint density at radius 1 is 1.44 bits per heavy atom. The molecule has 1 aromatic heterocycles. The topological polar surface area (TPSA) is 41.3 Å². The second-order valence-corrected chi connectivity index (χ2v) is 6.20. The number of nitrogens with one attached hydrogen (secondary N) is 1. The third kappa shape index (κ3) is 2.45. The molecule has 0 amide bonds. The van der Waals surface area contributed by atoms with Crippen molar-refractivity contribution in [2.24, 2.45) is 0 Å². The zero-order valence-corrected chi connectivity index (χ0v) is 12.4. The molecule has 18 heavy (non-hydrogen) atoms. The second kappa shape index (κ2) is 4.67. The molecule has 0 aromatic carbocycles. The van der Waals surface area contributed by atoms with E-state index in [9.17, 15) is 0 Å². The van der Waals surface area contributed by atoms with Gasteiger partial charge in [0.25, 0.3) is 0 Å². The standard InChI is InChI=1S/C14H25N3O/c1-9-7-15-14(5,6)8-17(9)11(3)13-10(2)16-18-12(13)4/h9,11,15H,7-8H2,1-6H3. The van der Waals surface area contributed by atoms with Gasteiger partial charge in [0.1, 0.15) is 5.76 Å². The maximum atomic E-state index is 5.30. The number of aryl methyl sites for hydroxylation is 2. The van der Waals surface area contributed by atoms with Crippen LogP contribution in [0, 0.1) is 13.8 Å². The van der Waals surface area contributed by atoms with Gasteiger partial charge in [-0.3, -0.25) is 4.90 Å². The Bertz CT molecular complexity index is 405. The van der Waals surface area contributed by atoms with Crippen LogP contribution in [0.2, 0.25) is 0 Å². The lowest BCUT2D eigenvalue weighted by Crippen LogP contribution is -2.61. The van der Waals surface area contributed by atoms with Crippen molar-refractivity contribution in [3.05, 3.63) is 17.0 Å². The van der Waals surface area contributed by atoms with Crippen LogP contribution >= 0.6 is 0 Å². The van der Waals surface area contributed by atoms with Crippen molar-refractivity contribution in [1.29, 1.82) is 0 Å². The highest BCUT2D eigenvalue weighted by Crippen LogP contribution is 2.30. The first-order valence-electron chi connectivity index (χ1n) is 6.75. The van der Waals surface area contributed by atoms with Gasteiger partial charge in [-0.25, -0.2) is 0 Å². The van der Waals surface area contributed by atoms with Crippen LogP contribution in [0.5, 0.6) is 0 Å². The van der Waals surface area contributed by atoms with Gasteiger partial charge in [0.15, 0.2) is 0 Å². The molecule has 1 aromatic rings. The molecule has 0 spiro atoms. The smallest absolute Gasteiger partial charge is 0.138 e. The van der Waals surface area contributed by atoms with Gasteiger partial charge >= 0.3 is 0 Å². The second-order valence-electron chi connectivity index (χ2n) is 6.20.